The number of hydrogen-bond acceptors (Lipinski definition) is 3. The van der Waals surface area contributed by atoms with E-state index in [1.54, 1.807) is 0 Å². The van der Waals surface area contributed by atoms with Crippen molar-refractivity contribution in [2.75, 3.05) is 0 Å². The van der Waals surface area contributed by atoms with Gasteiger partial charge in [-0.05, 0) is 0 Å². The summed E-state index contributed by atoms with van der Waals surface area (Å²) in [6.07, 6.45) is 0. The van der Waals surface area contributed by atoms with Gasteiger partial charge in [0.25, 0.3) is 17.9 Å². The molecule has 0 heterocycles. The Morgan fingerprint density at radius 2 is 0.611 bits per heavy atom. The second-order valence-corrected chi connectivity index (χ2v) is 2.71. The van der Waals surface area contributed by atoms with Crippen molar-refractivity contribution >= 4 is 17.9 Å². The molecule has 1 aromatic rings. The minimum absolute atomic E-state index is 0.833. The van der Waals surface area contributed by atoms with E-state index in [4.69, 9.17) is 29.7 Å². The molecule has 1 aromatic carbocycles. The molecule has 0 spiro atoms. The summed E-state index contributed by atoms with van der Waals surface area (Å²) in [4.78, 5) is 27.0. The Hall–Kier alpha value is -2.37. The van der Waals surface area contributed by atoms with Crippen LogP contribution in [0, 0.1) is 0 Å². The van der Waals surface area contributed by atoms with Crippen LogP contribution in [0.3, 0.4) is 0 Å². The average molecular weight is 258 g/mol. The van der Waals surface area contributed by atoms with Crippen molar-refractivity contribution in [1.29, 1.82) is 0 Å². The minimum atomic E-state index is -0.833. The summed E-state index contributed by atoms with van der Waals surface area (Å²) in [6.45, 7) is 3.25. The van der Waals surface area contributed by atoms with Gasteiger partial charge in [0.05, 0.1) is 0 Å². The molecule has 1 rings (SSSR count). The number of aliphatic carboxylic acids is 3. The number of rotatable bonds is 0. The summed E-state index contributed by atoms with van der Waals surface area (Å²) in [5.41, 5.74) is 0. The van der Waals surface area contributed by atoms with E-state index in [-0.39, 0.29) is 0 Å². The molecule has 0 aliphatic rings. The van der Waals surface area contributed by atoms with Crippen molar-refractivity contribution in [3.8, 4) is 0 Å². The van der Waals surface area contributed by atoms with Gasteiger partial charge in [0, 0.05) is 20.8 Å². The first kappa shape index (κ1) is 21.0. The third-order valence-electron chi connectivity index (χ3n) is 0.667. The zero-order valence-electron chi connectivity index (χ0n) is 10.5. The highest BCUT2D eigenvalue weighted by Gasteiger charge is 1.66. The smallest absolute Gasteiger partial charge is 0.300 e. The highest BCUT2D eigenvalue weighted by Crippen LogP contribution is 1.79. The fourth-order valence-electron chi connectivity index (χ4n) is 0.385. The molecule has 18 heavy (non-hydrogen) atoms. The van der Waals surface area contributed by atoms with Crippen molar-refractivity contribution < 1.29 is 29.7 Å². The van der Waals surface area contributed by atoms with E-state index in [9.17, 15) is 0 Å². The van der Waals surface area contributed by atoms with Crippen LogP contribution in [0.4, 0.5) is 0 Å². The lowest BCUT2D eigenvalue weighted by atomic mass is 10.4. The Balaban J connectivity index is -0.000000171. The normalized spacial score (nSPS) is 6.83. The molecular weight excluding hydrogens is 240 g/mol. The van der Waals surface area contributed by atoms with E-state index in [1.165, 1.54) is 0 Å². The third kappa shape index (κ3) is 165. The van der Waals surface area contributed by atoms with Crippen LogP contribution < -0.4 is 0 Å². The lowest BCUT2D eigenvalue weighted by molar-refractivity contribution is -0.135. The molecule has 0 saturated heterocycles. The predicted octanol–water partition coefficient (Wildman–Crippen LogP) is 1.96. The summed E-state index contributed by atoms with van der Waals surface area (Å²) in [6, 6.07) is 12.0. The monoisotopic (exact) mass is 258 g/mol. The molecule has 0 unspecified atom stereocenters. The highest BCUT2D eigenvalue weighted by molar-refractivity contribution is 5.63. The molecule has 3 N–H and O–H groups in total. The zero-order chi connectivity index (χ0) is 15.0. The summed E-state index contributed by atoms with van der Waals surface area (Å²) in [5.74, 6) is -2.50. The predicted molar refractivity (Wildman–Crippen MR) is 66.4 cm³/mol. The Morgan fingerprint density at radius 3 is 0.667 bits per heavy atom. The van der Waals surface area contributed by atoms with Gasteiger partial charge in [-0.15, -0.1) is 0 Å². The molecule has 0 aromatic heterocycles. The largest absolute Gasteiger partial charge is 0.481 e. The van der Waals surface area contributed by atoms with E-state index in [0.29, 0.717) is 0 Å². The molecule has 102 valence electrons. The van der Waals surface area contributed by atoms with Gasteiger partial charge >= 0.3 is 0 Å². The van der Waals surface area contributed by atoms with Crippen LogP contribution in [0.2, 0.25) is 0 Å². The maximum atomic E-state index is 9.00. The van der Waals surface area contributed by atoms with Gasteiger partial charge in [0.15, 0.2) is 0 Å². The van der Waals surface area contributed by atoms with Gasteiger partial charge in [0.2, 0.25) is 0 Å². The van der Waals surface area contributed by atoms with E-state index in [1.807, 2.05) is 36.4 Å². The van der Waals surface area contributed by atoms with Gasteiger partial charge in [-0.3, -0.25) is 14.4 Å². The number of carbonyl (C=O) groups is 3. The standard InChI is InChI=1S/C6H6.3C2H4O2/c1-2-4-6-5-3-1;3*1-2(3)4/h1-6H;3*1H3,(H,3,4). The summed E-state index contributed by atoms with van der Waals surface area (Å²) in [7, 11) is 0. The van der Waals surface area contributed by atoms with Gasteiger partial charge in [0.1, 0.15) is 0 Å². The van der Waals surface area contributed by atoms with E-state index in [2.05, 4.69) is 0 Å². The molecule has 0 atom stereocenters. The molecule has 0 aliphatic carbocycles. The lowest BCUT2D eigenvalue weighted by Crippen LogP contribution is -1.78. The number of hydrogen-bond donors (Lipinski definition) is 3. The SMILES string of the molecule is CC(=O)O.CC(=O)O.CC(=O)O.c1ccccc1. The van der Waals surface area contributed by atoms with Gasteiger partial charge in [-0.25, -0.2) is 0 Å². The van der Waals surface area contributed by atoms with Crippen molar-refractivity contribution in [2.24, 2.45) is 0 Å². The van der Waals surface area contributed by atoms with E-state index < -0.39 is 17.9 Å². The second-order valence-electron chi connectivity index (χ2n) is 2.71. The van der Waals surface area contributed by atoms with Crippen molar-refractivity contribution in [3.63, 3.8) is 0 Å². The van der Waals surface area contributed by atoms with E-state index in [0.717, 1.165) is 20.8 Å². The highest BCUT2D eigenvalue weighted by atomic mass is 16.4. The molecule has 0 bridgehead atoms. The Labute approximate surface area is 106 Å². The third-order valence-corrected chi connectivity index (χ3v) is 0.667. The average Bonchev–Trinajstić information content (AvgIpc) is 2.17. The zero-order valence-corrected chi connectivity index (χ0v) is 10.5. The van der Waals surface area contributed by atoms with E-state index >= 15 is 0 Å². The molecule has 0 radical (unpaired) electrons. The van der Waals surface area contributed by atoms with Crippen LogP contribution in [0.5, 0.6) is 0 Å². The van der Waals surface area contributed by atoms with Gasteiger partial charge in [-0.1, -0.05) is 36.4 Å². The van der Waals surface area contributed by atoms with Crippen LogP contribution in [0.15, 0.2) is 36.4 Å². The molecule has 0 amide bonds. The summed E-state index contributed by atoms with van der Waals surface area (Å²) < 4.78 is 0. The summed E-state index contributed by atoms with van der Waals surface area (Å²) >= 11 is 0. The fraction of sp³-hybridized carbons (Fsp3) is 0.250. The number of carboxylic acids is 3. The van der Waals surface area contributed by atoms with Crippen LogP contribution in [0.25, 0.3) is 0 Å². The number of carboxylic acid groups (broad SMARTS) is 3. The Bertz CT molecular complexity index is 253. The first-order valence-corrected chi connectivity index (χ1v) is 4.78. The van der Waals surface area contributed by atoms with Gasteiger partial charge < -0.3 is 15.3 Å². The quantitative estimate of drug-likeness (QED) is 0.655. The topological polar surface area (TPSA) is 112 Å². The molecule has 0 aliphatic heterocycles. The summed E-state index contributed by atoms with van der Waals surface area (Å²) in [5, 5.41) is 22.2. The Morgan fingerprint density at radius 1 is 0.556 bits per heavy atom. The first-order chi connectivity index (χ1) is 8.20. The molecule has 6 nitrogen and oxygen atoms in total. The second kappa shape index (κ2) is 17.0. The first-order valence-electron chi connectivity index (χ1n) is 4.78. The maximum Gasteiger partial charge on any atom is 0.300 e. The fourth-order valence-corrected chi connectivity index (χ4v) is 0.385. The van der Waals surface area contributed by atoms with Crippen molar-refractivity contribution in [1.82, 2.24) is 0 Å². The molecule has 0 saturated carbocycles. The van der Waals surface area contributed by atoms with Crippen molar-refractivity contribution in [3.05, 3.63) is 36.4 Å². The number of benzene rings is 1. The lowest BCUT2D eigenvalue weighted by Gasteiger charge is -1.69. The minimum Gasteiger partial charge on any atom is -0.481 e. The van der Waals surface area contributed by atoms with Crippen molar-refractivity contribution in [2.45, 2.75) is 20.8 Å². The molecule has 6 heteroatoms. The Kier molecular flexibility index (Phi) is 19.9. The van der Waals surface area contributed by atoms with Gasteiger partial charge in [-0.2, -0.15) is 0 Å². The van der Waals surface area contributed by atoms with Crippen LogP contribution in [0.1, 0.15) is 20.8 Å². The van der Waals surface area contributed by atoms with Crippen LogP contribution in [-0.4, -0.2) is 33.2 Å². The maximum absolute atomic E-state index is 9.00. The van der Waals surface area contributed by atoms with Crippen LogP contribution in [-0.2, 0) is 14.4 Å². The van der Waals surface area contributed by atoms with Crippen LogP contribution >= 0.6 is 0 Å². The molecule has 0 fully saturated rings. The molecular formula is C12H18O6.